The van der Waals surface area contributed by atoms with Gasteiger partial charge < -0.3 is 10.2 Å². The standard InChI is InChI=1S/C29H28F2N4O.2ClH/c1-20-8-10-25-27(32-20)6-3-7-28(25)35-16-14-34(15-17-35)13-12-21-4-2-5-23(18-21)33-29(36)24-11-9-22(30)19-26(24)31;;/h2-11,18-19H,12-17H2,1H3,(H,33,36);2*1H. The topological polar surface area (TPSA) is 48.5 Å². The number of piperazine rings is 1. The van der Waals surface area contributed by atoms with E-state index >= 15 is 0 Å². The molecule has 5 nitrogen and oxygen atoms in total. The number of fused-ring (bicyclic) bond motifs is 1. The first-order valence-corrected chi connectivity index (χ1v) is 12.2. The van der Waals surface area contributed by atoms with Crippen LogP contribution in [0.1, 0.15) is 21.6 Å². The van der Waals surface area contributed by atoms with Gasteiger partial charge in [-0.2, -0.15) is 0 Å². The van der Waals surface area contributed by atoms with Gasteiger partial charge in [0.2, 0.25) is 0 Å². The highest BCUT2D eigenvalue weighted by Gasteiger charge is 2.19. The van der Waals surface area contributed by atoms with Crippen molar-refractivity contribution in [2.75, 3.05) is 42.9 Å². The molecule has 9 heteroatoms. The van der Waals surface area contributed by atoms with Crippen LogP contribution in [0.3, 0.4) is 0 Å². The van der Waals surface area contributed by atoms with Crippen LogP contribution in [-0.4, -0.2) is 48.5 Å². The van der Waals surface area contributed by atoms with E-state index in [1.807, 2.05) is 25.1 Å². The van der Waals surface area contributed by atoms with Gasteiger partial charge in [-0.15, -0.1) is 24.8 Å². The first-order valence-electron chi connectivity index (χ1n) is 12.2. The van der Waals surface area contributed by atoms with Crippen LogP contribution in [0.5, 0.6) is 0 Å². The highest BCUT2D eigenvalue weighted by atomic mass is 35.5. The predicted molar refractivity (Wildman–Crippen MR) is 154 cm³/mol. The summed E-state index contributed by atoms with van der Waals surface area (Å²) in [5, 5.41) is 3.90. The third kappa shape index (κ3) is 6.78. The molecule has 1 fully saturated rings. The fourth-order valence-electron chi connectivity index (χ4n) is 4.69. The Morgan fingerprint density at radius 2 is 1.68 bits per heavy atom. The Balaban J connectivity index is 0.00000200. The van der Waals surface area contributed by atoms with Gasteiger partial charge in [0.15, 0.2) is 0 Å². The summed E-state index contributed by atoms with van der Waals surface area (Å²) in [5.74, 6) is -2.19. The number of rotatable bonds is 6. The molecule has 0 spiro atoms. The maximum Gasteiger partial charge on any atom is 0.258 e. The van der Waals surface area contributed by atoms with E-state index in [0.29, 0.717) is 11.8 Å². The van der Waals surface area contributed by atoms with Crippen LogP contribution in [-0.2, 0) is 6.42 Å². The average molecular weight is 559 g/mol. The predicted octanol–water partition coefficient (Wildman–Crippen LogP) is 6.28. The Labute approximate surface area is 233 Å². The zero-order valence-corrected chi connectivity index (χ0v) is 22.6. The van der Waals surface area contributed by atoms with Crippen LogP contribution in [0.4, 0.5) is 20.2 Å². The van der Waals surface area contributed by atoms with Crippen molar-refractivity contribution in [1.29, 1.82) is 0 Å². The minimum atomic E-state index is -0.877. The summed E-state index contributed by atoms with van der Waals surface area (Å²) in [6, 6.07) is 21.0. The Kier molecular flexibility index (Phi) is 10.0. The summed E-state index contributed by atoms with van der Waals surface area (Å²) in [6.07, 6.45) is 0.839. The van der Waals surface area contributed by atoms with Crippen LogP contribution in [0, 0.1) is 18.6 Å². The Morgan fingerprint density at radius 3 is 2.45 bits per heavy atom. The number of pyridine rings is 1. The average Bonchev–Trinajstić information content (AvgIpc) is 2.87. The maximum absolute atomic E-state index is 13.9. The number of aryl methyl sites for hydroxylation is 1. The summed E-state index contributed by atoms with van der Waals surface area (Å²) in [4.78, 5) is 22.0. The van der Waals surface area contributed by atoms with Crippen LogP contribution < -0.4 is 10.2 Å². The quantitative estimate of drug-likeness (QED) is 0.302. The van der Waals surface area contributed by atoms with Crippen molar-refractivity contribution in [2.24, 2.45) is 0 Å². The molecule has 1 aromatic heterocycles. The number of hydrogen-bond donors (Lipinski definition) is 1. The molecule has 38 heavy (non-hydrogen) atoms. The normalized spacial score (nSPS) is 13.5. The van der Waals surface area contributed by atoms with Gasteiger partial charge in [0.1, 0.15) is 11.6 Å². The number of nitrogens with zero attached hydrogens (tertiary/aromatic N) is 3. The number of nitrogens with one attached hydrogen (secondary N) is 1. The SMILES string of the molecule is Cc1ccc2c(N3CCN(CCc4cccc(NC(=O)c5ccc(F)cc5F)c4)CC3)cccc2n1.Cl.Cl. The molecule has 200 valence electrons. The van der Waals surface area contributed by atoms with Crippen molar-refractivity contribution in [3.63, 3.8) is 0 Å². The second-order valence-electron chi connectivity index (χ2n) is 9.15. The Bertz CT molecular complexity index is 1410. The molecular weight excluding hydrogens is 529 g/mol. The number of carbonyl (C=O) groups is 1. The van der Waals surface area contributed by atoms with E-state index in [1.54, 1.807) is 6.07 Å². The van der Waals surface area contributed by atoms with Gasteiger partial charge in [0.05, 0.1) is 11.1 Å². The molecule has 4 aromatic rings. The van der Waals surface area contributed by atoms with E-state index in [2.05, 4.69) is 50.4 Å². The van der Waals surface area contributed by atoms with Crippen molar-refractivity contribution in [2.45, 2.75) is 13.3 Å². The molecule has 5 rings (SSSR count). The second-order valence-corrected chi connectivity index (χ2v) is 9.15. The Morgan fingerprint density at radius 1 is 0.921 bits per heavy atom. The van der Waals surface area contributed by atoms with E-state index < -0.39 is 17.5 Å². The monoisotopic (exact) mass is 558 g/mol. The van der Waals surface area contributed by atoms with Crippen LogP contribution in [0.15, 0.2) is 72.8 Å². The van der Waals surface area contributed by atoms with Gasteiger partial charge in [-0.3, -0.25) is 14.7 Å². The van der Waals surface area contributed by atoms with Gasteiger partial charge in [-0.1, -0.05) is 18.2 Å². The zero-order valence-electron chi connectivity index (χ0n) is 21.0. The molecule has 0 aliphatic carbocycles. The molecule has 0 unspecified atom stereocenters. The van der Waals surface area contributed by atoms with Gasteiger partial charge in [-0.05, 0) is 67.4 Å². The van der Waals surface area contributed by atoms with Crippen molar-refractivity contribution in [1.82, 2.24) is 9.88 Å². The molecule has 1 amide bonds. The third-order valence-corrected chi connectivity index (χ3v) is 6.64. The Hall–Kier alpha value is -3.26. The van der Waals surface area contributed by atoms with E-state index in [0.717, 1.165) is 68.1 Å². The molecule has 1 saturated heterocycles. The van der Waals surface area contributed by atoms with Crippen molar-refractivity contribution in [3.8, 4) is 0 Å². The number of hydrogen-bond acceptors (Lipinski definition) is 4. The zero-order chi connectivity index (χ0) is 25.1. The fraction of sp³-hybridized carbons (Fsp3) is 0.241. The maximum atomic E-state index is 13.9. The van der Waals surface area contributed by atoms with Crippen molar-refractivity contribution in [3.05, 3.63) is 101 Å². The fourth-order valence-corrected chi connectivity index (χ4v) is 4.69. The number of carbonyl (C=O) groups excluding carboxylic acids is 1. The minimum Gasteiger partial charge on any atom is -0.368 e. The largest absolute Gasteiger partial charge is 0.368 e. The molecule has 0 bridgehead atoms. The van der Waals surface area contributed by atoms with Gasteiger partial charge in [0, 0.05) is 61.2 Å². The van der Waals surface area contributed by atoms with Gasteiger partial charge in [-0.25, -0.2) is 8.78 Å². The summed E-state index contributed by atoms with van der Waals surface area (Å²) >= 11 is 0. The van der Waals surface area contributed by atoms with Gasteiger partial charge >= 0.3 is 0 Å². The summed E-state index contributed by atoms with van der Waals surface area (Å²) < 4.78 is 27.1. The van der Waals surface area contributed by atoms with Crippen LogP contribution in [0.25, 0.3) is 10.9 Å². The highest BCUT2D eigenvalue weighted by molar-refractivity contribution is 6.04. The van der Waals surface area contributed by atoms with Crippen LogP contribution in [0.2, 0.25) is 0 Å². The summed E-state index contributed by atoms with van der Waals surface area (Å²) in [6.45, 7) is 6.76. The smallest absolute Gasteiger partial charge is 0.258 e. The van der Waals surface area contributed by atoms with E-state index in [1.165, 1.54) is 11.1 Å². The first-order chi connectivity index (χ1) is 17.5. The molecule has 1 aliphatic rings. The summed E-state index contributed by atoms with van der Waals surface area (Å²) in [5.41, 5.74) is 4.79. The number of amides is 1. The van der Waals surface area contributed by atoms with Crippen LogP contribution >= 0.6 is 24.8 Å². The first kappa shape index (κ1) is 29.3. The second kappa shape index (κ2) is 13.0. The summed E-state index contributed by atoms with van der Waals surface area (Å²) in [7, 11) is 0. The molecule has 0 atom stereocenters. The number of benzene rings is 3. The molecule has 0 radical (unpaired) electrons. The molecule has 1 aliphatic heterocycles. The number of halogens is 4. The number of aromatic nitrogens is 1. The van der Waals surface area contributed by atoms with Gasteiger partial charge in [0.25, 0.3) is 5.91 Å². The molecule has 0 saturated carbocycles. The lowest BCUT2D eigenvalue weighted by Crippen LogP contribution is -2.47. The molecule has 3 aromatic carbocycles. The molecule has 2 heterocycles. The minimum absolute atomic E-state index is 0. The van der Waals surface area contributed by atoms with E-state index in [4.69, 9.17) is 0 Å². The molecule has 1 N–H and O–H groups in total. The van der Waals surface area contributed by atoms with Crippen molar-refractivity contribution < 1.29 is 13.6 Å². The lowest BCUT2D eigenvalue weighted by Gasteiger charge is -2.36. The van der Waals surface area contributed by atoms with E-state index in [-0.39, 0.29) is 30.4 Å². The van der Waals surface area contributed by atoms with E-state index in [9.17, 15) is 13.6 Å². The van der Waals surface area contributed by atoms with Crippen molar-refractivity contribution >= 4 is 53.0 Å². The number of anilines is 2. The highest BCUT2D eigenvalue weighted by Crippen LogP contribution is 2.27. The lowest BCUT2D eigenvalue weighted by molar-refractivity contribution is 0.102. The molecular formula is C29H30Cl2F2N4O. The third-order valence-electron chi connectivity index (χ3n) is 6.64. The lowest BCUT2D eigenvalue weighted by atomic mass is 10.1.